The van der Waals surface area contributed by atoms with Crippen LogP contribution in [0.15, 0.2) is 22.7 Å². The van der Waals surface area contributed by atoms with Crippen molar-refractivity contribution < 1.29 is 4.79 Å². The predicted octanol–water partition coefficient (Wildman–Crippen LogP) is 4.51. The predicted molar refractivity (Wildman–Crippen MR) is 80.1 cm³/mol. The lowest BCUT2D eigenvalue weighted by molar-refractivity contribution is 0.0925. The highest BCUT2D eigenvalue weighted by Crippen LogP contribution is 2.25. The molecule has 100 valence electrons. The Morgan fingerprint density at radius 3 is 2.56 bits per heavy atom. The smallest absolute Gasteiger partial charge is 0.251 e. The number of carbonyl (C=O) groups is 1. The lowest BCUT2D eigenvalue weighted by Crippen LogP contribution is -2.36. The van der Waals surface area contributed by atoms with E-state index in [1.165, 1.54) is 0 Å². The van der Waals surface area contributed by atoms with Crippen LogP contribution in [0, 0.1) is 11.3 Å². The molecular weight excluding hydrogens is 314 g/mol. The third kappa shape index (κ3) is 3.99. The van der Waals surface area contributed by atoms with E-state index in [0.717, 1.165) is 4.47 Å². The molecular formula is C14H19BrClNO. The van der Waals surface area contributed by atoms with Gasteiger partial charge in [-0.3, -0.25) is 4.79 Å². The van der Waals surface area contributed by atoms with E-state index in [0.29, 0.717) is 23.0 Å². The average molecular weight is 333 g/mol. The molecule has 0 spiro atoms. The molecule has 0 aliphatic rings. The number of amides is 1. The minimum absolute atomic E-state index is 0.0782. The zero-order valence-electron chi connectivity index (χ0n) is 11.2. The van der Waals surface area contributed by atoms with E-state index in [1.807, 2.05) is 0 Å². The first kappa shape index (κ1) is 15.5. The zero-order chi connectivity index (χ0) is 13.9. The van der Waals surface area contributed by atoms with Crippen molar-refractivity contribution >= 4 is 33.4 Å². The summed E-state index contributed by atoms with van der Waals surface area (Å²) in [5.41, 5.74) is 0.664. The van der Waals surface area contributed by atoms with E-state index in [-0.39, 0.29) is 11.3 Å². The first-order valence-corrected chi connectivity index (χ1v) is 7.14. The molecule has 2 nitrogen and oxygen atoms in total. The molecule has 1 N–H and O–H groups in total. The van der Waals surface area contributed by atoms with E-state index in [2.05, 4.69) is 48.9 Å². The van der Waals surface area contributed by atoms with Crippen molar-refractivity contribution in [3.8, 4) is 0 Å². The van der Waals surface area contributed by atoms with Gasteiger partial charge in [0.1, 0.15) is 0 Å². The first-order valence-electron chi connectivity index (χ1n) is 5.97. The van der Waals surface area contributed by atoms with Gasteiger partial charge in [-0.2, -0.15) is 0 Å². The maximum absolute atomic E-state index is 12.0. The van der Waals surface area contributed by atoms with Crippen molar-refractivity contribution in [2.75, 3.05) is 6.54 Å². The Morgan fingerprint density at radius 1 is 1.44 bits per heavy atom. The molecule has 1 amide bonds. The summed E-state index contributed by atoms with van der Waals surface area (Å²) in [7, 11) is 0. The van der Waals surface area contributed by atoms with E-state index in [1.54, 1.807) is 18.2 Å². The number of carbonyl (C=O) groups excluding carboxylic acids is 1. The van der Waals surface area contributed by atoms with Crippen molar-refractivity contribution in [3.63, 3.8) is 0 Å². The Kier molecular flexibility index (Phi) is 5.23. The molecule has 0 aliphatic heterocycles. The molecule has 0 aliphatic carbocycles. The van der Waals surface area contributed by atoms with Gasteiger partial charge in [-0.05, 0) is 45.5 Å². The summed E-state index contributed by atoms with van der Waals surface area (Å²) < 4.78 is 0.795. The fraction of sp³-hybridized carbons (Fsp3) is 0.500. The van der Waals surface area contributed by atoms with Crippen molar-refractivity contribution in [1.29, 1.82) is 0 Å². The normalized spacial score (nSPS) is 11.7. The van der Waals surface area contributed by atoms with Gasteiger partial charge in [0.25, 0.3) is 5.91 Å². The van der Waals surface area contributed by atoms with Gasteiger partial charge in [0, 0.05) is 16.6 Å². The summed E-state index contributed by atoms with van der Waals surface area (Å²) in [5, 5.41) is 3.50. The molecule has 0 atom stereocenters. The average Bonchev–Trinajstić information content (AvgIpc) is 2.29. The van der Waals surface area contributed by atoms with Crippen molar-refractivity contribution in [3.05, 3.63) is 33.3 Å². The number of rotatable bonds is 4. The van der Waals surface area contributed by atoms with Crippen molar-refractivity contribution in [2.24, 2.45) is 11.3 Å². The van der Waals surface area contributed by atoms with Gasteiger partial charge in [0.15, 0.2) is 0 Å². The Bertz CT molecular complexity index is 443. The van der Waals surface area contributed by atoms with Crippen molar-refractivity contribution in [1.82, 2.24) is 5.32 Å². The standard InChI is InChI=1S/C14H19BrClNO/c1-9(2)14(3,4)8-17-13(18)10-5-6-11(15)12(16)7-10/h5-7,9H,8H2,1-4H3,(H,17,18). The van der Waals surface area contributed by atoms with Crippen LogP contribution in [0.4, 0.5) is 0 Å². The minimum Gasteiger partial charge on any atom is -0.351 e. The maximum atomic E-state index is 12.0. The highest BCUT2D eigenvalue weighted by atomic mass is 79.9. The summed E-state index contributed by atoms with van der Waals surface area (Å²) >= 11 is 9.28. The van der Waals surface area contributed by atoms with Crippen LogP contribution in [0.3, 0.4) is 0 Å². The minimum atomic E-state index is -0.0851. The van der Waals surface area contributed by atoms with Gasteiger partial charge in [-0.15, -0.1) is 0 Å². The summed E-state index contributed by atoms with van der Waals surface area (Å²) in [5.74, 6) is 0.421. The highest BCUT2D eigenvalue weighted by molar-refractivity contribution is 9.10. The topological polar surface area (TPSA) is 29.1 Å². The second-order valence-corrected chi connectivity index (χ2v) is 6.72. The molecule has 0 heterocycles. The van der Waals surface area contributed by atoms with Gasteiger partial charge < -0.3 is 5.32 Å². The van der Waals surface area contributed by atoms with Crippen LogP contribution in [0.2, 0.25) is 5.02 Å². The van der Waals surface area contributed by atoms with Crippen LogP contribution >= 0.6 is 27.5 Å². The van der Waals surface area contributed by atoms with Crippen LogP contribution in [-0.2, 0) is 0 Å². The molecule has 0 saturated carbocycles. The molecule has 1 aromatic carbocycles. The summed E-state index contributed by atoms with van der Waals surface area (Å²) in [6.07, 6.45) is 0. The summed E-state index contributed by atoms with van der Waals surface area (Å²) in [6.45, 7) is 9.25. The molecule has 0 unspecified atom stereocenters. The van der Waals surface area contributed by atoms with Gasteiger partial charge in [-0.1, -0.05) is 39.3 Å². The van der Waals surface area contributed by atoms with E-state index >= 15 is 0 Å². The highest BCUT2D eigenvalue weighted by Gasteiger charge is 2.23. The van der Waals surface area contributed by atoms with Crippen LogP contribution in [0.5, 0.6) is 0 Å². The summed E-state index contributed by atoms with van der Waals surface area (Å²) in [6, 6.07) is 5.21. The number of halogens is 2. The molecule has 0 saturated heterocycles. The molecule has 0 fully saturated rings. The monoisotopic (exact) mass is 331 g/mol. The van der Waals surface area contributed by atoms with Gasteiger partial charge in [0.05, 0.1) is 5.02 Å². The zero-order valence-corrected chi connectivity index (χ0v) is 13.5. The van der Waals surface area contributed by atoms with Gasteiger partial charge >= 0.3 is 0 Å². The lowest BCUT2D eigenvalue weighted by Gasteiger charge is -2.29. The second kappa shape index (κ2) is 6.07. The fourth-order valence-electron chi connectivity index (χ4n) is 1.25. The Hall–Kier alpha value is -0.540. The molecule has 1 rings (SSSR count). The molecule has 1 aromatic rings. The van der Waals surface area contributed by atoms with Gasteiger partial charge in [0.2, 0.25) is 0 Å². The molecule has 0 aromatic heterocycles. The van der Waals surface area contributed by atoms with E-state index < -0.39 is 0 Å². The SMILES string of the molecule is CC(C)C(C)(C)CNC(=O)c1ccc(Br)c(Cl)c1. The Balaban J connectivity index is 2.69. The third-order valence-corrected chi connectivity index (χ3v) is 4.68. The quantitative estimate of drug-likeness (QED) is 0.863. The third-order valence-electron chi connectivity index (χ3n) is 3.45. The number of hydrogen-bond acceptors (Lipinski definition) is 1. The summed E-state index contributed by atoms with van der Waals surface area (Å²) in [4.78, 5) is 12.0. The second-order valence-electron chi connectivity index (χ2n) is 5.45. The Labute approximate surface area is 122 Å². The maximum Gasteiger partial charge on any atom is 0.251 e. The van der Waals surface area contributed by atoms with Gasteiger partial charge in [-0.25, -0.2) is 0 Å². The largest absolute Gasteiger partial charge is 0.351 e. The lowest BCUT2D eigenvalue weighted by atomic mass is 9.81. The van der Waals surface area contributed by atoms with Crippen LogP contribution in [-0.4, -0.2) is 12.5 Å². The Morgan fingerprint density at radius 2 is 2.06 bits per heavy atom. The van der Waals surface area contributed by atoms with E-state index in [4.69, 9.17) is 11.6 Å². The van der Waals surface area contributed by atoms with Crippen molar-refractivity contribution in [2.45, 2.75) is 27.7 Å². The van der Waals surface area contributed by atoms with Crippen LogP contribution in [0.25, 0.3) is 0 Å². The fourth-order valence-corrected chi connectivity index (χ4v) is 1.68. The molecule has 0 radical (unpaired) electrons. The van der Waals surface area contributed by atoms with E-state index in [9.17, 15) is 4.79 Å². The number of benzene rings is 1. The molecule has 0 bridgehead atoms. The molecule has 4 heteroatoms. The van der Waals surface area contributed by atoms with Crippen LogP contribution < -0.4 is 5.32 Å². The van der Waals surface area contributed by atoms with Crippen LogP contribution in [0.1, 0.15) is 38.1 Å². The molecule has 18 heavy (non-hydrogen) atoms. The first-order chi connectivity index (χ1) is 8.24. The number of hydrogen-bond donors (Lipinski definition) is 1. The number of nitrogens with one attached hydrogen (secondary N) is 1.